The Labute approximate surface area is 162 Å². The van der Waals surface area contributed by atoms with Gasteiger partial charge in [0.1, 0.15) is 5.82 Å². The first-order valence-electron chi connectivity index (χ1n) is 8.73. The molecule has 0 aromatic heterocycles. The molecule has 3 rings (SSSR count). The molecule has 9 heteroatoms. The van der Waals surface area contributed by atoms with Crippen LogP contribution in [0.15, 0.2) is 53.4 Å². The van der Waals surface area contributed by atoms with Crippen LogP contribution in [-0.2, 0) is 10.0 Å². The van der Waals surface area contributed by atoms with Gasteiger partial charge in [-0.1, -0.05) is 12.1 Å². The number of amides is 2. The number of carbonyl (C=O) groups is 2. The van der Waals surface area contributed by atoms with E-state index in [4.69, 9.17) is 5.14 Å². The molecule has 2 amide bonds. The van der Waals surface area contributed by atoms with Crippen LogP contribution in [0.2, 0.25) is 0 Å². The van der Waals surface area contributed by atoms with Crippen LogP contribution in [0.1, 0.15) is 33.6 Å². The van der Waals surface area contributed by atoms with Gasteiger partial charge < -0.3 is 10.2 Å². The Morgan fingerprint density at radius 3 is 2.21 bits per heavy atom. The molecule has 1 aliphatic heterocycles. The Morgan fingerprint density at radius 2 is 1.64 bits per heavy atom. The summed E-state index contributed by atoms with van der Waals surface area (Å²) < 4.78 is 36.3. The zero-order valence-electron chi connectivity index (χ0n) is 15.0. The summed E-state index contributed by atoms with van der Waals surface area (Å²) >= 11 is 0. The number of carbonyl (C=O) groups excluding carboxylic acids is 2. The summed E-state index contributed by atoms with van der Waals surface area (Å²) in [6, 6.07) is 11.1. The SMILES string of the molecule is NS(=O)(=O)c1ccc(C(=O)NC2CCN(C(=O)c3ccccc3F)CC2)cc1. The fraction of sp³-hybridized carbons (Fsp3) is 0.263. The molecule has 7 nitrogen and oxygen atoms in total. The molecule has 0 spiro atoms. The quantitative estimate of drug-likeness (QED) is 0.803. The molecule has 0 atom stereocenters. The number of sulfonamides is 1. The summed E-state index contributed by atoms with van der Waals surface area (Å²) in [4.78, 5) is 26.3. The van der Waals surface area contributed by atoms with Gasteiger partial charge in [0.15, 0.2) is 0 Å². The summed E-state index contributed by atoms with van der Waals surface area (Å²) in [6.07, 6.45) is 1.09. The number of nitrogens with two attached hydrogens (primary N) is 1. The number of piperidine rings is 1. The van der Waals surface area contributed by atoms with Crippen LogP contribution in [0.5, 0.6) is 0 Å². The van der Waals surface area contributed by atoms with Gasteiger partial charge in [-0.3, -0.25) is 9.59 Å². The van der Waals surface area contributed by atoms with Crippen molar-refractivity contribution in [1.82, 2.24) is 10.2 Å². The first-order chi connectivity index (χ1) is 13.3. The van der Waals surface area contributed by atoms with Crippen LogP contribution in [-0.4, -0.2) is 44.3 Å². The third kappa shape index (κ3) is 4.55. The van der Waals surface area contributed by atoms with Crippen molar-refractivity contribution in [1.29, 1.82) is 0 Å². The minimum Gasteiger partial charge on any atom is -0.349 e. The van der Waals surface area contributed by atoms with Crippen LogP contribution in [0.25, 0.3) is 0 Å². The number of halogens is 1. The third-order valence-corrected chi connectivity index (χ3v) is 5.60. The van der Waals surface area contributed by atoms with Gasteiger partial charge in [-0.15, -0.1) is 0 Å². The lowest BCUT2D eigenvalue weighted by Crippen LogP contribution is -2.46. The topological polar surface area (TPSA) is 110 Å². The van der Waals surface area contributed by atoms with E-state index in [1.807, 2.05) is 0 Å². The Hall–Kier alpha value is -2.78. The van der Waals surface area contributed by atoms with Gasteiger partial charge in [0.05, 0.1) is 10.5 Å². The zero-order valence-corrected chi connectivity index (χ0v) is 15.8. The molecule has 1 aliphatic rings. The highest BCUT2D eigenvalue weighted by Crippen LogP contribution is 2.17. The van der Waals surface area contributed by atoms with E-state index in [1.165, 1.54) is 42.5 Å². The predicted molar refractivity (Wildman–Crippen MR) is 101 cm³/mol. The standard InChI is InChI=1S/C19H20FN3O4S/c20-17-4-2-1-3-16(17)19(25)23-11-9-14(10-12-23)22-18(24)13-5-7-15(8-6-13)28(21,26)27/h1-8,14H,9-12H2,(H,22,24)(H2,21,26,27). The summed E-state index contributed by atoms with van der Waals surface area (Å²) in [5.74, 6) is -1.24. The molecule has 1 heterocycles. The van der Waals surface area contributed by atoms with Crippen LogP contribution in [0, 0.1) is 5.82 Å². The maximum Gasteiger partial charge on any atom is 0.256 e. The smallest absolute Gasteiger partial charge is 0.256 e. The van der Waals surface area contributed by atoms with Gasteiger partial charge in [-0.25, -0.2) is 17.9 Å². The van der Waals surface area contributed by atoms with E-state index in [2.05, 4.69) is 5.32 Å². The van der Waals surface area contributed by atoms with Crippen molar-refractivity contribution in [3.63, 3.8) is 0 Å². The second-order valence-electron chi connectivity index (χ2n) is 6.59. The largest absolute Gasteiger partial charge is 0.349 e. The first-order valence-corrected chi connectivity index (χ1v) is 10.3. The van der Waals surface area contributed by atoms with Crippen LogP contribution < -0.4 is 10.5 Å². The maximum atomic E-state index is 13.8. The van der Waals surface area contributed by atoms with E-state index < -0.39 is 15.8 Å². The van der Waals surface area contributed by atoms with Crippen molar-refractivity contribution in [2.45, 2.75) is 23.8 Å². The highest BCUT2D eigenvalue weighted by molar-refractivity contribution is 7.89. The lowest BCUT2D eigenvalue weighted by atomic mass is 10.0. The molecule has 0 bridgehead atoms. The monoisotopic (exact) mass is 405 g/mol. The van der Waals surface area contributed by atoms with Gasteiger partial charge in [0.25, 0.3) is 11.8 Å². The number of benzene rings is 2. The van der Waals surface area contributed by atoms with Gasteiger partial charge >= 0.3 is 0 Å². The van der Waals surface area contributed by atoms with Crippen molar-refractivity contribution >= 4 is 21.8 Å². The summed E-state index contributed by atoms with van der Waals surface area (Å²) in [6.45, 7) is 0.810. The number of primary sulfonamides is 1. The second kappa shape index (κ2) is 8.07. The fourth-order valence-corrected chi connectivity index (χ4v) is 3.61. The Kier molecular flexibility index (Phi) is 5.76. The number of nitrogens with one attached hydrogen (secondary N) is 1. The van der Waals surface area contributed by atoms with E-state index in [9.17, 15) is 22.4 Å². The summed E-state index contributed by atoms with van der Waals surface area (Å²) in [5, 5.41) is 7.91. The summed E-state index contributed by atoms with van der Waals surface area (Å²) in [5.41, 5.74) is 0.359. The predicted octanol–water partition coefficient (Wildman–Crippen LogP) is 1.51. The molecule has 0 radical (unpaired) electrons. The number of nitrogens with zero attached hydrogens (tertiary/aromatic N) is 1. The molecule has 1 saturated heterocycles. The molecule has 2 aromatic rings. The van der Waals surface area contributed by atoms with Crippen molar-refractivity contribution < 1.29 is 22.4 Å². The van der Waals surface area contributed by atoms with Crippen molar-refractivity contribution in [2.75, 3.05) is 13.1 Å². The minimum absolute atomic E-state index is 0.0416. The average molecular weight is 405 g/mol. The normalized spacial score (nSPS) is 15.3. The van der Waals surface area contributed by atoms with E-state index >= 15 is 0 Å². The van der Waals surface area contributed by atoms with Gasteiger partial charge in [0, 0.05) is 24.7 Å². The molecular formula is C19H20FN3O4S. The summed E-state index contributed by atoms with van der Waals surface area (Å²) in [7, 11) is -3.81. The third-order valence-electron chi connectivity index (χ3n) is 4.67. The van der Waals surface area contributed by atoms with E-state index in [0.717, 1.165) is 0 Å². The van der Waals surface area contributed by atoms with Gasteiger partial charge in [-0.2, -0.15) is 0 Å². The van der Waals surface area contributed by atoms with Crippen molar-refractivity contribution in [2.24, 2.45) is 5.14 Å². The molecule has 3 N–H and O–H groups in total. The fourth-order valence-electron chi connectivity index (χ4n) is 3.10. The molecule has 0 unspecified atom stereocenters. The van der Waals surface area contributed by atoms with Gasteiger partial charge in [0.2, 0.25) is 10.0 Å². The van der Waals surface area contributed by atoms with E-state index in [0.29, 0.717) is 31.5 Å². The number of likely N-dealkylation sites (tertiary alicyclic amines) is 1. The Balaban J connectivity index is 1.56. The maximum absolute atomic E-state index is 13.8. The van der Waals surface area contributed by atoms with E-state index in [1.54, 1.807) is 11.0 Å². The van der Waals surface area contributed by atoms with Gasteiger partial charge in [-0.05, 0) is 49.2 Å². The Bertz CT molecular complexity index is 984. The van der Waals surface area contributed by atoms with Crippen LogP contribution >= 0.6 is 0 Å². The zero-order chi connectivity index (χ0) is 20.3. The second-order valence-corrected chi connectivity index (χ2v) is 8.15. The molecule has 0 saturated carbocycles. The molecule has 2 aromatic carbocycles. The van der Waals surface area contributed by atoms with Crippen LogP contribution in [0.3, 0.4) is 0 Å². The molecule has 1 fully saturated rings. The molecule has 148 valence electrons. The lowest BCUT2D eigenvalue weighted by Gasteiger charge is -2.32. The minimum atomic E-state index is -3.81. The molecule has 0 aliphatic carbocycles. The number of rotatable bonds is 4. The Morgan fingerprint density at radius 1 is 1.04 bits per heavy atom. The number of hydrogen-bond acceptors (Lipinski definition) is 4. The van der Waals surface area contributed by atoms with Crippen molar-refractivity contribution in [3.05, 3.63) is 65.5 Å². The number of hydrogen-bond donors (Lipinski definition) is 2. The van der Waals surface area contributed by atoms with E-state index in [-0.39, 0.29) is 28.3 Å². The molecule has 28 heavy (non-hydrogen) atoms. The highest BCUT2D eigenvalue weighted by atomic mass is 32.2. The average Bonchev–Trinajstić information content (AvgIpc) is 2.68. The van der Waals surface area contributed by atoms with Crippen molar-refractivity contribution in [3.8, 4) is 0 Å². The first kappa shape index (κ1) is 20.0. The highest BCUT2D eigenvalue weighted by Gasteiger charge is 2.26. The lowest BCUT2D eigenvalue weighted by molar-refractivity contribution is 0.0693. The van der Waals surface area contributed by atoms with Crippen LogP contribution in [0.4, 0.5) is 4.39 Å². The molecular weight excluding hydrogens is 385 g/mol.